The van der Waals surface area contributed by atoms with E-state index in [1.165, 1.54) is 12.1 Å². The summed E-state index contributed by atoms with van der Waals surface area (Å²) in [4.78, 5) is 9.93. The van der Waals surface area contributed by atoms with Crippen LogP contribution < -0.4 is 0 Å². The van der Waals surface area contributed by atoms with Crippen molar-refractivity contribution < 1.29 is 14.3 Å². The first-order valence-electron chi connectivity index (χ1n) is 4.21. The van der Waals surface area contributed by atoms with Crippen LogP contribution in [0.1, 0.15) is 12.0 Å². The van der Waals surface area contributed by atoms with Crippen LogP contribution in [0.25, 0.3) is 0 Å². The van der Waals surface area contributed by atoms with Gasteiger partial charge in [-0.3, -0.25) is 4.79 Å². The number of aryl methyl sites for hydroxylation is 1. The van der Waals surface area contributed by atoms with E-state index in [-0.39, 0.29) is 5.82 Å². The summed E-state index contributed by atoms with van der Waals surface area (Å²) in [5, 5.41) is 8.60. The summed E-state index contributed by atoms with van der Waals surface area (Å²) < 4.78 is 12.5. The van der Waals surface area contributed by atoms with Gasteiger partial charge in [-0.25, -0.2) is 4.39 Å². The number of hydrogen-bond acceptors (Lipinski definition) is 1. The summed E-state index contributed by atoms with van der Waals surface area (Å²) in [7, 11) is 0. The largest absolute Gasteiger partial charge is 0.480 e. The fraction of sp³-hybridized carbons (Fsp3) is 0.300. The third kappa shape index (κ3) is 3.46. The van der Waals surface area contributed by atoms with Crippen molar-refractivity contribution in [2.24, 2.45) is 0 Å². The molecule has 14 heavy (non-hydrogen) atoms. The van der Waals surface area contributed by atoms with Crippen molar-refractivity contribution in [1.82, 2.24) is 0 Å². The standard InChI is InChI=1S/C10H10BrFO2/c11-9(10(13)14)6-3-7-1-4-8(12)5-2-7/h1-2,4-5,9H,3,6H2,(H,13,14). The number of carboxylic acids is 1. The Kier molecular flexibility index (Phi) is 4.07. The number of aliphatic carboxylic acids is 1. The minimum atomic E-state index is -0.868. The van der Waals surface area contributed by atoms with Crippen LogP contribution in [0.3, 0.4) is 0 Å². The summed E-state index contributed by atoms with van der Waals surface area (Å²) in [5.41, 5.74) is 0.942. The molecule has 4 heteroatoms. The molecule has 0 heterocycles. The predicted octanol–water partition coefficient (Wildman–Crippen LogP) is 2.61. The third-order valence-corrected chi connectivity index (χ3v) is 2.72. The molecule has 0 bridgehead atoms. The molecule has 1 aromatic carbocycles. The van der Waals surface area contributed by atoms with E-state index in [0.717, 1.165) is 5.56 Å². The van der Waals surface area contributed by atoms with Gasteiger partial charge in [0, 0.05) is 0 Å². The summed E-state index contributed by atoms with van der Waals surface area (Å²) in [5.74, 6) is -1.14. The Bertz CT molecular complexity index is 310. The van der Waals surface area contributed by atoms with Crippen molar-refractivity contribution in [2.75, 3.05) is 0 Å². The van der Waals surface area contributed by atoms with Crippen molar-refractivity contribution in [3.05, 3.63) is 35.6 Å². The van der Waals surface area contributed by atoms with Crippen molar-refractivity contribution in [3.8, 4) is 0 Å². The monoisotopic (exact) mass is 260 g/mol. The SMILES string of the molecule is O=C(O)C(Br)CCc1ccc(F)cc1. The highest BCUT2D eigenvalue weighted by atomic mass is 79.9. The smallest absolute Gasteiger partial charge is 0.317 e. The second-order valence-corrected chi connectivity index (χ2v) is 4.08. The molecule has 0 amide bonds. The van der Waals surface area contributed by atoms with E-state index in [1.54, 1.807) is 12.1 Å². The molecule has 0 aromatic heterocycles. The molecule has 1 aromatic rings. The molecule has 0 fully saturated rings. The van der Waals surface area contributed by atoms with E-state index in [0.29, 0.717) is 12.8 Å². The van der Waals surface area contributed by atoms with Crippen molar-refractivity contribution in [3.63, 3.8) is 0 Å². The molecular weight excluding hydrogens is 251 g/mol. The average Bonchev–Trinajstić information content (AvgIpc) is 2.16. The highest BCUT2D eigenvalue weighted by Gasteiger charge is 2.12. The van der Waals surface area contributed by atoms with Crippen LogP contribution in [0.15, 0.2) is 24.3 Å². The molecular formula is C10H10BrFO2. The maximum Gasteiger partial charge on any atom is 0.317 e. The van der Waals surface area contributed by atoms with Gasteiger partial charge in [-0.2, -0.15) is 0 Å². The van der Waals surface area contributed by atoms with E-state index in [2.05, 4.69) is 15.9 Å². The maximum atomic E-state index is 12.5. The van der Waals surface area contributed by atoms with Crippen LogP contribution in [0.5, 0.6) is 0 Å². The zero-order chi connectivity index (χ0) is 10.6. The molecule has 1 rings (SSSR count). The molecule has 0 aliphatic carbocycles. The Hall–Kier alpha value is -0.900. The lowest BCUT2D eigenvalue weighted by Gasteiger charge is -2.04. The van der Waals surface area contributed by atoms with E-state index in [1.807, 2.05) is 0 Å². The second-order valence-electron chi connectivity index (χ2n) is 2.97. The Balaban J connectivity index is 2.46. The van der Waals surface area contributed by atoms with Gasteiger partial charge in [0.15, 0.2) is 0 Å². The topological polar surface area (TPSA) is 37.3 Å². The van der Waals surface area contributed by atoms with Gasteiger partial charge in [0.05, 0.1) is 0 Å². The summed E-state index contributed by atoms with van der Waals surface area (Å²) in [6.45, 7) is 0. The lowest BCUT2D eigenvalue weighted by molar-refractivity contribution is -0.136. The Labute approximate surface area is 89.9 Å². The third-order valence-electron chi connectivity index (χ3n) is 1.87. The summed E-state index contributed by atoms with van der Waals surface area (Å²) in [6.07, 6.45) is 1.13. The van der Waals surface area contributed by atoms with E-state index >= 15 is 0 Å². The normalized spacial score (nSPS) is 12.4. The van der Waals surface area contributed by atoms with Crippen LogP contribution in [0.4, 0.5) is 4.39 Å². The molecule has 0 aliphatic heterocycles. The molecule has 0 spiro atoms. The minimum Gasteiger partial charge on any atom is -0.480 e. The quantitative estimate of drug-likeness (QED) is 0.846. The second kappa shape index (κ2) is 5.10. The van der Waals surface area contributed by atoms with Gasteiger partial charge in [0.25, 0.3) is 0 Å². The van der Waals surface area contributed by atoms with Gasteiger partial charge in [0.1, 0.15) is 10.6 Å². The van der Waals surface area contributed by atoms with Gasteiger partial charge in [-0.1, -0.05) is 28.1 Å². The molecule has 2 nitrogen and oxygen atoms in total. The summed E-state index contributed by atoms with van der Waals surface area (Å²) in [6, 6.07) is 6.08. The first-order chi connectivity index (χ1) is 6.59. The van der Waals surface area contributed by atoms with Crippen LogP contribution in [0, 0.1) is 5.82 Å². The van der Waals surface area contributed by atoms with Gasteiger partial charge in [0.2, 0.25) is 0 Å². The van der Waals surface area contributed by atoms with Gasteiger partial charge in [-0.15, -0.1) is 0 Å². The van der Waals surface area contributed by atoms with Crippen molar-refractivity contribution in [1.29, 1.82) is 0 Å². The number of benzene rings is 1. The fourth-order valence-corrected chi connectivity index (χ4v) is 1.30. The van der Waals surface area contributed by atoms with Crippen LogP contribution in [-0.2, 0) is 11.2 Å². The molecule has 76 valence electrons. The zero-order valence-corrected chi connectivity index (χ0v) is 9.00. The lowest BCUT2D eigenvalue weighted by Crippen LogP contribution is -2.13. The minimum absolute atomic E-state index is 0.276. The number of halogens is 2. The highest BCUT2D eigenvalue weighted by molar-refractivity contribution is 9.10. The van der Waals surface area contributed by atoms with E-state index < -0.39 is 10.8 Å². The predicted molar refractivity (Wildman–Crippen MR) is 55.1 cm³/mol. The number of hydrogen-bond donors (Lipinski definition) is 1. The molecule has 1 atom stereocenters. The van der Waals surface area contributed by atoms with E-state index in [4.69, 9.17) is 5.11 Å². The number of alkyl halides is 1. The van der Waals surface area contributed by atoms with Gasteiger partial charge in [-0.05, 0) is 30.5 Å². The molecule has 0 saturated heterocycles. The van der Waals surface area contributed by atoms with Crippen molar-refractivity contribution in [2.45, 2.75) is 17.7 Å². The van der Waals surface area contributed by atoms with Crippen LogP contribution in [-0.4, -0.2) is 15.9 Å². The van der Waals surface area contributed by atoms with E-state index in [9.17, 15) is 9.18 Å². The first kappa shape index (κ1) is 11.2. The number of rotatable bonds is 4. The Morgan fingerprint density at radius 3 is 2.50 bits per heavy atom. The van der Waals surface area contributed by atoms with Gasteiger partial charge >= 0.3 is 5.97 Å². The fourth-order valence-electron chi connectivity index (χ4n) is 1.07. The number of carboxylic acid groups (broad SMARTS) is 1. The zero-order valence-electron chi connectivity index (χ0n) is 7.41. The molecule has 0 saturated carbocycles. The van der Waals surface area contributed by atoms with Crippen LogP contribution >= 0.6 is 15.9 Å². The maximum absolute atomic E-state index is 12.5. The molecule has 0 aliphatic rings. The lowest BCUT2D eigenvalue weighted by atomic mass is 10.1. The average molecular weight is 261 g/mol. The first-order valence-corrected chi connectivity index (χ1v) is 5.12. The summed E-state index contributed by atoms with van der Waals surface area (Å²) >= 11 is 3.04. The molecule has 1 unspecified atom stereocenters. The van der Waals surface area contributed by atoms with Gasteiger partial charge < -0.3 is 5.11 Å². The Morgan fingerprint density at radius 1 is 1.43 bits per heavy atom. The van der Waals surface area contributed by atoms with Crippen molar-refractivity contribution >= 4 is 21.9 Å². The number of carbonyl (C=O) groups is 1. The Morgan fingerprint density at radius 2 is 2.00 bits per heavy atom. The van der Waals surface area contributed by atoms with Crippen LogP contribution in [0.2, 0.25) is 0 Å². The molecule has 0 radical (unpaired) electrons. The molecule has 1 N–H and O–H groups in total. The highest BCUT2D eigenvalue weighted by Crippen LogP contribution is 2.11.